The van der Waals surface area contributed by atoms with E-state index in [-0.39, 0.29) is 34.3 Å². The van der Waals surface area contributed by atoms with Crippen LogP contribution in [0.5, 0.6) is 0 Å². The molecule has 9 heteroatoms. The van der Waals surface area contributed by atoms with Gasteiger partial charge in [0.2, 0.25) is 0 Å². The molecule has 0 aliphatic carbocycles. The van der Waals surface area contributed by atoms with Crippen molar-refractivity contribution >= 4 is 48.0 Å². The second-order valence-corrected chi connectivity index (χ2v) is 11.5. The highest BCUT2D eigenvalue weighted by Crippen LogP contribution is 2.28. The first-order chi connectivity index (χ1) is 8.69. The summed E-state index contributed by atoms with van der Waals surface area (Å²) in [6.07, 6.45) is 1.23. The molecule has 2 saturated heterocycles. The second-order valence-electron chi connectivity index (χ2n) is 5.08. The number of rotatable bonds is 2. The summed E-state index contributed by atoms with van der Waals surface area (Å²) < 4.78 is 46.3. The maximum Gasteiger partial charge on any atom is 0.152 e. The molecular formula is C10H17NO4S4. The van der Waals surface area contributed by atoms with Gasteiger partial charge >= 0.3 is 0 Å². The Bertz CT molecular complexity index is 568. The number of sulfone groups is 2. The second kappa shape index (κ2) is 5.50. The van der Waals surface area contributed by atoms with Gasteiger partial charge in [-0.05, 0) is 12.8 Å². The molecule has 0 spiro atoms. The smallest absolute Gasteiger partial charge is 0.152 e. The van der Waals surface area contributed by atoms with Crippen molar-refractivity contribution in [3.8, 4) is 0 Å². The van der Waals surface area contributed by atoms with Gasteiger partial charge in [0.05, 0.1) is 23.0 Å². The maximum atomic E-state index is 11.4. The SMILES string of the molecule is CN(C(=S)S[C@@H]1CCS(=O)(=O)C1)[C@@H]1CCS(=O)(=O)C1. The van der Waals surface area contributed by atoms with Crippen molar-refractivity contribution in [2.45, 2.75) is 24.1 Å². The van der Waals surface area contributed by atoms with E-state index in [0.717, 1.165) is 0 Å². The molecule has 0 amide bonds. The minimum atomic E-state index is -2.93. The molecule has 0 aromatic carbocycles. The predicted molar refractivity (Wildman–Crippen MR) is 82.1 cm³/mol. The Morgan fingerprint density at radius 1 is 1.11 bits per heavy atom. The van der Waals surface area contributed by atoms with Crippen molar-refractivity contribution in [2.75, 3.05) is 30.1 Å². The number of thiocarbonyl (C=S) groups is 1. The third-order valence-electron chi connectivity index (χ3n) is 3.50. The standard InChI is InChI=1S/C10H17NO4S4/c1-11(8-2-4-18(12,13)6-8)10(16)17-9-3-5-19(14,15)7-9/h8-9H,2-7H2,1H3/t8-,9-/m1/s1. The van der Waals surface area contributed by atoms with Crippen LogP contribution in [0.15, 0.2) is 0 Å². The van der Waals surface area contributed by atoms with Crippen LogP contribution in [0, 0.1) is 0 Å². The van der Waals surface area contributed by atoms with Gasteiger partial charge in [-0.2, -0.15) is 0 Å². The number of nitrogens with zero attached hydrogens (tertiary/aromatic N) is 1. The van der Waals surface area contributed by atoms with Gasteiger partial charge in [-0.3, -0.25) is 0 Å². The van der Waals surface area contributed by atoms with Gasteiger partial charge in [0.25, 0.3) is 0 Å². The summed E-state index contributed by atoms with van der Waals surface area (Å²) in [6, 6.07) is -0.0667. The first-order valence-corrected chi connectivity index (χ1v) is 11.0. The summed E-state index contributed by atoms with van der Waals surface area (Å²) in [4.78, 5) is 1.81. The summed E-state index contributed by atoms with van der Waals surface area (Å²) in [5, 5.41) is 0.0120. The highest BCUT2D eigenvalue weighted by molar-refractivity contribution is 8.23. The highest BCUT2D eigenvalue weighted by Gasteiger charge is 2.34. The topological polar surface area (TPSA) is 71.5 Å². The highest BCUT2D eigenvalue weighted by atomic mass is 32.2. The average molecular weight is 344 g/mol. The molecule has 19 heavy (non-hydrogen) atoms. The fraction of sp³-hybridized carbons (Fsp3) is 0.900. The molecule has 2 heterocycles. The lowest BCUT2D eigenvalue weighted by molar-refractivity contribution is 0.409. The predicted octanol–water partition coefficient (Wildman–Crippen LogP) is 0.310. The van der Waals surface area contributed by atoms with E-state index in [0.29, 0.717) is 17.2 Å². The van der Waals surface area contributed by atoms with E-state index in [1.807, 2.05) is 4.90 Å². The molecule has 5 nitrogen and oxygen atoms in total. The Balaban J connectivity index is 1.90. The van der Waals surface area contributed by atoms with Gasteiger partial charge in [0.15, 0.2) is 19.7 Å². The summed E-state index contributed by atoms with van der Waals surface area (Å²) in [6.45, 7) is 0. The first-order valence-electron chi connectivity index (χ1n) is 6.03. The van der Waals surface area contributed by atoms with Crippen LogP contribution in [0.4, 0.5) is 0 Å². The molecule has 2 fully saturated rings. The Labute approximate surface area is 124 Å². The van der Waals surface area contributed by atoms with Crippen molar-refractivity contribution < 1.29 is 16.8 Å². The summed E-state index contributed by atoms with van der Waals surface area (Å²) in [7, 11) is -4.03. The Hall–Kier alpha value is 0.140. The van der Waals surface area contributed by atoms with Crippen LogP contribution in [0.1, 0.15) is 12.8 Å². The van der Waals surface area contributed by atoms with Crippen molar-refractivity contribution in [1.82, 2.24) is 4.90 Å². The average Bonchev–Trinajstić information content (AvgIpc) is 2.80. The monoisotopic (exact) mass is 343 g/mol. The minimum Gasteiger partial charge on any atom is -0.357 e. The molecule has 0 aromatic heterocycles. The molecular weight excluding hydrogens is 326 g/mol. The molecule has 2 rings (SSSR count). The molecule has 2 atom stereocenters. The Morgan fingerprint density at radius 3 is 2.16 bits per heavy atom. The molecule has 0 unspecified atom stereocenters. The third-order valence-corrected chi connectivity index (χ3v) is 9.03. The van der Waals surface area contributed by atoms with Crippen LogP contribution >= 0.6 is 24.0 Å². The van der Waals surface area contributed by atoms with Gasteiger partial charge in [-0.1, -0.05) is 24.0 Å². The Morgan fingerprint density at radius 2 is 1.68 bits per heavy atom. The van der Waals surface area contributed by atoms with Gasteiger partial charge in [0.1, 0.15) is 4.32 Å². The van der Waals surface area contributed by atoms with Crippen LogP contribution in [0.3, 0.4) is 0 Å². The van der Waals surface area contributed by atoms with E-state index in [4.69, 9.17) is 12.2 Å². The molecule has 0 saturated carbocycles. The van der Waals surface area contributed by atoms with Gasteiger partial charge in [-0.15, -0.1) is 0 Å². The largest absolute Gasteiger partial charge is 0.357 e. The van der Waals surface area contributed by atoms with Gasteiger partial charge in [0, 0.05) is 18.3 Å². The number of hydrogen-bond acceptors (Lipinski definition) is 6. The van der Waals surface area contributed by atoms with Gasteiger partial charge < -0.3 is 4.90 Å². The zero-order chi connectivity index (χ0) is 14.3. The molecule has 0 radical (unpaired) electrons. The van der Waals surface area contributed by atoms with Crippen LogP contribution < -0.4 is 0 Å². The first kappa shape index (κ1) is 15.5. The minimum absolute atomic E-state index is 0.0120. The third kappa shape index (κ3) is 4.05. The maximum absolute atomic E-state index is 11.4. The van der Waals surface area contributed by atoms with Crippen LogP contribution in [-0.2, 0) is 19.7 Å². The lowest BCUT2D eigenvalue weighted by Crippen LogP contribution is -2.36. The van der Waals surface area contributed by atoms with Gasteiger partial charge in [-0.25, -0.2) is 16.8 Å². The van der Waals surface area contributed by atoms with Crippen LogP contribution in [0.25, 0.3) is 0 Å². The van der Waals surface area contributed by atoms with Crippen molar-refractivity contribution in [3.63, 3.8) is 0 Å². The molecule has 2 aliphatic rings. The molecule has 110 valence electrons. The molecule has 2 aliphatic heterocycles. The lowest BCUT2D eigenvalue weighted by Gasteiger charge is -2.26. The summed E-state index contributed by atoms with van der Waals surface area (Å²) in [5.74, 6) is 0.768. The van der Waals surface area contributed by atoms with Crippen molar-refractivity contribution in [1.29, 1.82) is 0 Å². The van der Waals surface area contributed by atoms with Crippen LogP contribution in [-0.4, -0.2) is 67.4 Å². The van der Waals surface area contributed by atoms with E-state index < -0.39 is 19.7 Å². The van der Waals surface area contributed by atoms with E-state index in [2.05, 4.69) is 0 Å². The van der Waals surface area contributed by atoms with E-state index in [1.54, 1.807) is 7.05 Å². The summed E-state index contributed by atoms with van der Waals surface area (Å²) in [5.41, 5.74) is 0. The van der Waals surface area contributed by atoms with Crippen molar-refractivity contribution in [2.24, 2.45) is 0 Å². The summed E-state index contributed by atoms with van der Waals surface area (Å²) >= 11 is 6.69. The molecule has 0 aromatic rings. The zero-order valence-electron chi connectivity index (χ0n) is 10.6. The fourth-order valence-corrected chi connectivity index (χ4v) is 8.06. The zero-order valence-corrected chi connectivity index (χ0v) is 13.9. The van der Waals surface area contributed by atoms with E-state index in [1.165, 1.54) is 11.8 Å². The van der Waals surface area contributed by atoms with E-state index >= 15 is 0 Å². The molecule has 0 bridgehead atoms. The quantitative estimate of drug-likeness (QED) is 0.668. The van der Waals surface area contributed by atoms with Crippen molar-refractivity contribution in [3.05, 3.63) is 0 Å². The van der Waals surface area contributed by atoms with E-state index in [9.17, 15) is 16.8 Å². The fourth-order valence-electron chi connectivity index (χ4n) is 2.31. The molecule has 0 N–H and O–H groups in total. The van der Waals surface area contributed by atoms with Crippen LogP contribution in [0.2, 0.25) is 0 Å². The lowest BCUT2D eigenvalue weighted by atomic mass is 10.2. The number of thioether (sulfide) groups is 1. The number of hydrogen-bond donors (Lipinski definition) is 0. The normalized spacial score (nSPS) is 32.3. The Kier molecular flexibility index (Phi) is 4.49.